The van der Waals surface area contributed by atoms with E-state index in [1.165, 1.54) is 0 Å². The van der Waals surface area contributed by atoms with Crippen molar-refractivity contribution in [2.75, 3.05) is 26.8 Å². The van der Waals surface area contributed by atoms with Gasteiger partial charge in [-0.1, -0.05) is 0 Å². The Morgan fingerprint density at radius 2 is 2.25 bits per heavy atom. The molecule has 24 heavy (non-hydrogen) atoms. The van der Waals surface area contributed by atoms with E-state index in [4.69, 9.17) is 4.74 Å². The van der Waals surface area contributed by atoms with Gasteiger partial charge in [0.15, 0.2) is 5.82 Å². The molecule has 1 aromatic carbocycles. The topological polar surface area (TPSA) is 58.2 Å². The molecular formula is C17H21F2N3O2. The lowest BCUT2D eigenvalue weighted by Gasteiger charge is -2.20. The molecule has 1 aliphatic heterocycles. The molecule has 0 saturated carbocycles. The quantitative estimate of drug-likeness (QED) is 0.930. The molecule has 3 rings (SSSR count). The summed E-state index contributed by atoms with van der Waals surface area (Å²) in [6, 6.07) is 4.86. The number of halogens is 2. The standard InChI is InChI=1S/C17H21F2N3O2/c1-24-10-11-3-2-7-22(8-6-11)17(23)12-4-5-13-14(9-12)21-16(20-13)15(18)19/h4-5,9,11,15H,2-3,6-8,10H2,1H3,(H,20,21). The number of aromatic nitrogens is 2. The number of benzene rings is 1. The molecule has 2 heterocycles. The average Bonchev–Trinajstić information content (AvgIpc) is 2.87. The Hall–Kier alpha value is -2.02. The Morgan fingerprint density at radius 1 is 1.42 bits per heavy atom. The smallest absolute Gasteiger partial charge is 0.295 e. The second kappa shape index (κ2) is 7.25. The van der Waals surface area contributed by atoms with E-state index in [-0.39, 0.29) is 11.7 Å². The number of methoxy groups -OCH3 is 1. The SMILES string of the molecule is COCC1CCCN(C(=O)c2ccc3nc(C(F)F)[nH]c3c2)CC1. The van der Waals surface area contributed by atoms with Gasteiger partial charge in [0.05, 0.1) is 11.0 Å². The summed E-state index contributed by atoms with van der Waals surface area (Å²) in [5, 5.41) is 0. The maximum atomic E-state index is 12.7. The number of nitrogens with zero attached hydrogens (tertiary/aromatic N) is 2. The highest BCUT2D eigenvalue weighted by atomic mass is 19.3. The highest BCUT2D eigenvalue weighted by Crippen LogP contribution is 2.23. The van der Waals surface area contributed by atoms with Gasteiger partial charge in [0.25, 0.3) is 12.3 Å². The lowest BCUT2D eigenvalue weighted by molar-refractivity contribution is 0.0755. The van der Waals surface area contributed by atoms with Crippen LogP contribution in [0.15, 0.2) is 18.2 Å². The number of aromatic amines is 1. The minimum Gasteiger partial charge on any atom is -0.384 e. The number of amides is 1. The van der Waals surface area contributed by atoms with Crippen molar-refractivity contribution in [1.82, 2.24) is 14.9 Å². The lowest BCUT2D eigenvalue weighted by atomic mass is 10.0. The average molecular weight is 337 g/mol. The van der Waals surface area contributed by atoms with Gasteiger partial charge in [-0.2, -0.15) is 0 Å². The Labute approximate surface area is 139 Å². The maximum absolute atomic E-state index is 12.7. The van der Waals surface area contributed by atoms with E-state index in [0.29, 0.717) is 35.6 Å². The molecule has 1 saturated heterocycles. The summed E-state index contributed by atoms with van der Waals surface area (Å²) in [7, 11) is 1.70. The first-order chi connectivity index (χ1) is 11.6. The zero-order chi connectivity index (χ0) is 17.1. The first kappa shape index (κ1) is 16.8. The van der Waals surface area contributed by atoms with Crippen LogP contribution in [0, 0.1) is 5.92 Å². The fourth-order valence-corrected chi connectivity index (χ4v) is 3.22. The molecule has 0 bridgehead atoms. The van der Waals surface area contributed by atoms with E-state index >= 15 is 0 Å². The van der Waals surface area contributed by atoms with Crippen molar-refractivity contribution in [1.29, 1.82) is 0 Å². The Balaban J connectivity index is 1.75. The van der Waals surface area contributed by atoms with E-state index in [1.54, 1.807) is 25.3 Å². The monoisotopic (exact) mass is 337 g/mol. The number of hydrogen-bond donors (Lipinski definition) is 1. The zero-order valence-corrected chi connectivity index (χ0v) is 13.6. The molecular weight excluding hydrogens is 316 g/mol. The van der Waals surface area contributed by atoms with E-state index in [1.807, 2.05) is 4.90 Å². The van der Waals surface area contributed by atoms with E-state index < -0.39 is 6.43 Å². The summed E-state index contributed by atoms with van der Waals surface area (Å²) in [5.41, 5.74) is 1.40. The summed E-state index contributed by atoms with van der Waals surface area (Å²) < 4.78 is 30.7. The Bertz CT molecular complexity index is 717. The molecule has 0 radical (unpaired) electrons. The highest BCUT2D eigenvalue weighted by molar-refractivity contribution is 5.97. The van der Waals surface area contributed by atoms with Crippen LogP contribution in [0.25, 0.3) is 11.0 Å². The van der Waals surface area contributed by atoms with Gasteiger partial charge in [-0.25, -0.2) is 13.8 Å². The van der Waals surface area contributed by atoms with E-state index in [2.05, 4.69) is 9.97 Å². The van der Waals surface area contributed by atoms with Crippen molar-refractivity contribution >= 4 is 16.9 Å². The number of fused-ring (bicyclic) bond motifs is 1. The van der Waals surface area contributed by atoms with Gasteiger partial charge in [0.1, 0.15) is 0 Å². The molecule has 1 N–H and O–H groups in total. The molecule has 130 valence electrons. The fraction of sp³-hybridized carbons (Fsp3) is 0.529. The molecule has 1 unspecified atom stereocenters. The summed E-state index contributed by atoms with van der Waals surface area (Å²) >= 11 is 0. The van der Waals surface area contributed by atoms with Crippen LogP contribution in [-0.2, 0) is 4.74 Å². The molecule has 0 aliphatic carbocycles. The first-order valence-corrected chi connectivity index (χ1v) is 8.14. The number of alkyl halides is 2. The second-order valence-electron chi connectivity index (χ2n) is 6.20. The summed E-state index contributed by atoms with van der Waals surface area (Å²) in [6.07, 6.45) is 0.262. The van der Waals surface area contributed by atoms with Crippen molar-refractivity contribution in [3.8, 4) is 0 Å². The predicted molar refractivity (Wildman–Crippen MR) is 86.2 cm³/mol. The molecule has 1 atom stereocenters. The van der Waals surface area contributed by atoms with Crippen LogP contribution in [0.5, 0.6) is 0 Å². The molecule has 5 nitrogen and oxygen atoms in total. The number of rotatable bonds is 4. The number of carbonyl (C=O) groups excluding carboxylic acids is 1. The second-order valence-corrected chi connectivity index (χ2v) is 6.20. The van der Waals surface area contributed by atoms with Crippen LogP contribution in [0.3, 0.4) is 0 Å². The first-order valence-electron chi connectivity index (χ1n) is 8.14. The maximum Gasteiger partial charge on any atom is 0.295 e. The third kappa shape index (κ3) is 3.56. The molecule has 7 heteroatoms. The van der Waals surface area contributed by atoms with Crippen molar-refractivity contribution in [2.45, 2.75) is 25.7 Å². The molecule has 1 aliphatic rings. The minimum atomic E-state index is -2.65. The third-order valence-electron chi connectivity index (χ3n) is 4.49. The minimum absolute atomic E-state index is 0.0665. The van der Waals surface area contributed by atoms with E-state index in [0.717, 1.165) is 25.9 Å². The predicted octanol–water partition coefficient (Wildman–Crippen LogP) is 3.39. The number of imidazole rings is 1. The fourth-order valence-electron chi connectivity index (χ4n) is 3.22. The van der Waals surface area contributed by atoms with Crippen LogP contribution >= 0.6 is 0 Å². The number of ether oxygens (including phenoxy) is 1. The van der Waals surface area contributed by atoms with Gasteiger partial charge in [-0.15, -0.1) is 0 Å². The van der Waals surface area contributed by atoms with Crippen molar-refractivity contribution in [3.05, 3.63) is 29.6 Å². The van der Waals surface area contributed by atoms with Crippen LogP contribution in [0.2, 0.25) is 0 Å². The van der Waals surface area contributed by atoms with E-state index in [9.17, 15) is 13.6 Å². The number of nitrogens with one attached hydrogen (secondary N) is 1. The van der Waals surface area contributed by atoms with Crippen molar-refractivity contribution in [3.63, 3.8) is 0 Å². The van der Waals surface area contributed by atoms with Gasteiger partial charge in [-0.05, 0) is 43.4 Å². The number of carbonyl (C=O) groups is 1. The third-order valence-corrected chi connectivity index (χ3v) is 4.49. The number of hydrogen-bond acceptors (Lipinski definition) is 3. The Kier molecular flexibility index (Phi) is 5.08. The molecule has 1 amide bonds. The normalized spacial score (nSPS) is 19.0. The van der Waals surface area contributed by atoms with Gasteiger partial charge in [-0.3, -0.25) is 4.79 Å². The van der Waals surface area contributed by atoms with Crippen LogP contribution < -0.4 is 0 Å². The highest BCUT2D eigenvalue weighted by Gasteiger charge is 2.22. The lowest BCUT2D eigenvalue weighted by Crippen LogP contribution is -2.32. The zero-order valence-electron chi connectivity index (χ0n) is 13.6. The summed E-state index contributed by atoms with van der Waals surface area (Å²) in [6.45, 7) is 2.12. The van der Waals surface area contributed by atoms with Gasteiger partial charge in [0, 0.05) is 32.4 Å². The molecule has 2 aromatic rings. The van der Waals surface area contributed by atoms with Crippen LogP contribution in [0.1, 0.15) is 41.9 Å². The molecule has 0 spiro atoms. The molecule has 1 aromatic heterocycles. The van der Waals surface area contributed by atoms with Crippen molar-refractivity contribution < 1.29 is 18.3 Å². The summed E-state index contributed by atoms with van der Waals surface area (Å²) in [5.74, 6) is 0.0476. The van der Waals surface area contributed by atoms with Crippen LogP contribution in [-0.4, -0.2) is 47.6 Å². The van der Waals surface area contributed by atoms with Crippen LogP contribution in [0.4, 0.5) is 8.78 Å². The number of likely N-dealkylation sites (tertiary alicyclic amines) is 1. The van der Waals surface area contributed by atoms with Gasteiger partial charge < -0.3 is 14.6 Å². The van der Waals surface area contributed by atoms with Gasteiger partial charge >= 0.3 is 0 Å². The van der Waals surface area contributed by atoms with Gasteiger partial charge in [0.2, 0.25) is 0 Å². The molecule has 1 fully saturated rings. The largest absolute Gasteiger partial charge is 0.384 e. The van der Waals surface area contributed by atoms with Crippen molar-refractivity contribution in [2.24, 2.45) is 5.92 Å². The summed E-state index contributed by atoms with van der Waals surface area (Å²) in [4.78, 5) is 21.0. The number of H-pyrrole nitrogens is 1. The Morgan fingerprint density at radius 3 is 3.00 bits per heavy atom.